The van der Waals surface area contributed by atoms with Gasteiger partial charge in [0, 0.05) is 30.1 Å². The molecule has 0 radical (unpaired) electrons. The van der Waals surface area contributed by atoms with E-state index in [2.05, 4.69) is 21.2 Å². The normalized spacial score (nSPS) is 19.1. The van der Waals surface area contributed by atoms with Gasteiger partial charge in [0.1, 0.15) is 0 Å². The molecule has 1 aliphatic heterocycles. The fourth-order valence-corrected chi connectivity index (χ4v) is 2.59. The Balaban J connectivity index is 0.00000220. The van der Waals surface area contributed by atoms with Crippen molar-refractivity contribution >= 4 is 34.2 Å². The predicted octanol–water partition coefficient (Wildman–Crippen LogP) is 3.32. The van der Waals surface area contributed by atoms with Crippen molar-refractivity contribution in [3.8, 4) is 0 Å². The summed E-state index contributed by atoms with van der Waals surface area (Å²) < 4.78 is 39.4. The van der Waals surface area contributed by atoms with Gasteiger partial charge in [-0.15, -0.1) is 12.4 Å². The van der Waals surface area contributed by atoms with Crippen molar-refractivity contribution in [1.29, 1.82) is 0 Å². The molecule has 1 aromatic rings. The summed E-state index contributed by atoms with van der Waals surface area (Å²) in [5.74, 6) is -0.571. The number of piperazine rings is 1. The molecule has 21 heavy (non-hydrogen) atoms. The van der Waals surface area contributed by atoms with Gasteiger partial charge in [0.15, 0.2) is 0 Å². The van der Waals surface area contributed by atoms with E-state index < -0.39 is 17.6 Å². The van der Waals surface area contributed by atoms with Crippen LogP contribution in [0.4, 0.5) is 13.2 Å². The molecule has 1 heterocycles. The summed E-state index contributed by atoms with van der Waals surface area (Å²) >= 11 is 3.01. The minimum absolute atomic E-state index is 0. The van der Waals surface area contributed by atoms with E-state index in [0.29, 0.717) is 24.1 Å². The van der Waals surface area contributed by atoms with Crippen LogP contribution in [-0.4, -0.2) is 36.5 Å². The van der Waals surface area contributed by atoms with Gasteiger partial charge in [-0.2, -0.15) is 13.2 Å². The first-order valence-corrected chi connectivity index (χ1v) is 6.97. The Morgan fingerprint density at radius 2 is 2.10 bits per heavy atom. The largest absolute Gasteiger partial charge is 0.417 e. The number of carbonyl (C=O) groups excluding carboxylic acids is 1. The Kier molecular flexibility index (Phi) is 6.07. The van der Waals surface area contributed by atoms with E-state index in [1.807, 2.05) is 6.92 Å². The molecule has 0 aliphatic carbocycles. The van der Waals surface area contributed by atoms with Crippen molar-refractivity contribution in [1.82, 2.24) is 10.2 Å². The molecule has 1 aromatic carbocycles. The van der Waals surface area contributed by atoms with Crippen LogP contribution in [-0.2, 0) is 6.18 Å². The molecule has 0 saturated carbocycles. The van der Waals surface area contributed by atoms with Gasteiger partial charge in [0.05, 0.1) is 11.1 Å². The van der Waals surface area contributed by atoms with Crippen LogP contribution in [0.25, 0.3) is 0 Å². The maximum absolute atomic E-state index is 13.0. The minimum atomic E-state index is -4.55. The molecule has 1 atom stereocenters. The molecule has 0 bridgehead atoms. The summed E-state index contributed by atoms with van der Waals surface area (Å²) in [4.78, 5) is 13.8. The van der Waals surface area contributed by atoms with Crippen LogP contribution in [0.2, 0.25) is 0 Å². The fraction of sp³-hybridized carbons (Fsp3) is 0.462. The first kappa shape index (κ1) is 18.3. The standard InChI is InChI=1S/C13H14BrF3N2O.ClH/c1-8-7-19(5-4-18-8)12(20)10-3-2-9(14)6-11(10)13(15,16)17;/h2-3,6,8,18H,4-5,7H2,1H3;1H/t8-;/m1./s1. The smallest absolute Gasteiger partial charge is 0.336 e. The maximum atomic E-state index is 13.0. The summed E-state index contributed by atoms with van der Waals surface area (Å²) in [6, 6.07) is 3.70. The molecule has 1 aliphatic rings. The van der Waals surface area contributed by atoms with Crippen LogP contribution >= 0.6 is 28.3 Å². The van der Waals surface area contributed by atoms with Crippen molar-refractivity contribution in [2.24, 2.45) is 0 Å². The average Bonchev–Trinajstić information content (AvgIpc) is 2.37. The molecule has 8 heteroatoms. The van der Waals surface area contributed by atoms with Gasteiger partial charge in [-0.25, -0.2) is 0 Å². The van der Waals surface area contributed by atoms with Gasteiger partial charge in [-0.1, -0.05) is 15.9 Å². The van der Waals surface area contributed by atoms with Gasteiger partial charge < -0.3 is 10.2 Å². The Morgan fingerprint density at radius 1 is 1.43 bits per heavy atom. The molecule has 3 nitrogen and oxygen atoms in total. The average molecular weight is 388 g/mol. The van der Waals surface area contributed by atoms with Crippen molar-refractivity contribution in [3.05, 3.63) is 33.8 Å². The maximum Gasteiger partial charge on any atom is 0.417 e. The van der Waals surface area contributed by atoms with E-state index in [1.54, 1.807) is 0 Å². The summed E-state index contributed by atoms with van der Waals surface area (Å²) in [5.41, 5.74) is -1.20. The predicted molar refractivity (Wildman–Crippen MR) is 79.8 cm³/mol. The zero-order valence-corrected chi connectivity index (χ0v) is 13.6. The second kappa shape index (κ2) is 6.98. The highest BCUT2D eigenvalue weighted by Gasteiger charge is 2.36. The molecule has 2 rings (SSSR count). The highest BCUT2D eigenvalue weighted by Crippen LogP contribution is 2.34. The molecule has 0 spiro atoms. The second-order valence-electron chi connectivity index (χ2n) is 4.79. The topological polar surface area (TPSA) is 32.3 Å². The van der Waals surface area contributed by atoms with E-state index in [4.69, 9.17) is 0 Å². The number of hydrogen-bond acceptors (Lipinski definition) is 2. The van der Waals surface area contributed by atoms with Gasteiger partial charge in [-0.05, 0) is 25.1 Å². The number of alkyl halides is 3. The third-order valence-electron chi connectivity index (χ3n) is 3.17. The number of rotatable bonds is 1. The quantitative estimate of drug-likeness (QED) is 0.802. The van der Waals surface area contributed by atoms with Crippen LogP contribution in [0.3, 0.4) is 0 Å². The van der Waals surface area contributed by atoms with E-state index in [0.717, 1.165) is 6.07 Å². The first-order chi connectivity index (χ1) is 9.29. The van der Waals surface area contributed by atoms with E-state index in [9.17, 15) is 18.0 Å². The van der Waals surface area contributed by atoms with Crippen molar-refractivity contribution < 1.29 is 18.0 Å². The summed E-state index contributed by atoms with van der Waals surface area (Å²) in [5, 5.41) is 3.15. The zero-order valence-electron chi connectivity index (χ0n) is 11.2. The van der Waals surface area contributed by atoms with Crippen molar-refractivity contribution in [3.63, 3.8) is 0 Å². The van der Waals surface area contributed by atoms with Gasteiger partial charge in [0.2, 0.25) is 0 Å². The number of benzene rings is 1. The third-order valence-corrected chi connectivity index (χ3v) is 3.67. The van der Waals surface area contributed by atoms with E-state index in [1.165, 1.54) is 17.0 Å². The van der Waals surface area contributed by atoms with Gasteiger partial charge >= 0.3 is 6.18 Å². The molecule has 1 amide bonds. The molecule has 1 fully saturated rings. The third kappa shape index (κ3) is 4.34. The lowest BCUT2D eigenvalue weighted by molar-refractivity contribution is -0.138. The van der Waals surface area contributed by atoms with Crippen LogP contribution < -0.4 is 5.32 Å². The Labute approximate surface area is 135 Å². The van der Waals surface area contributed by atoms with Crippen molar-refractivity contribution in [2.45, 2.75) is 19.1 Å². The number of nitrogens with zero attached hydrogens (tertiary/aromatic N) is 1. The lowest BCUT2D eigenvalue weighted by atomic mass is 10.0. The fourth-order valence-electron chi connectivity index (χ4n) is 2.22. The molecule has 1 N–H and O–H groups in total. The van der Waals surface area contributed by atoms with Crippen LogP contribution in [0, 0.1) is 0 Å². The van der Waals surface area contributed by atoms with E-state index in [-0.39, 0.29) is 24.0 Å². The Hall–Kier alpha value is -0.790. The van der Waals surface area contributed by atoms with E-state index >= 15 is 0 Å². The van der Waals surface area contributed by atoms with Crippen LogP contribution in [0.15, 0.2) is 22.7 Å². The molecular formula is C13H15BrClF3N2O. The first-order valence-electron chi connectivity index (χ1n) is 6.18. The highest BCUT2D eigenvalue weighted by atomic mass is 79.9. The zero-order chi connectivity index (χ0) is 14.9. The molecule has 118 valence electrons. The van der Waals surface area contributed by atoms with Crippen molar-refractivity contribution in [2.75, 3.05) is 19.6 Å². The lowest BCUT2D eigenvalue weighted by Crippen LogP contribution is -2.51. The number of halogens is 5. The minimum Gasteiger partial charge on any atom is -0.336 e. The van der Waals surface area contributed by atoms with Gasteiger partial charge in [0.25, 0.3) is 5.91 Å². The number of amides is 1. The highest BCUT2D eigenvalue weighted by molar-refractivity contribution is 9.10. The van der Waals surface area contributed by atoms with Crippen LogP contribution in [0.1, 0.15) is 22.8 Å². The Bertz CT molecular complexity index is 525. The molecular weight excluding hydrogens is 373 g/mol. The number of hydrogen-bond donors (Lipinski definition) is 1. The molecule has 1 saturated heterocycles. The summed E-state index contributed by atoms with van der Waals surface area (Å²) in [7, 11) is 0. The Morgan fingerprint density at radius 3 is 2.67 bits per heavy atom. The van der Waals surface area contributed by atoms with Gasteiger partial charge in [-0.3, -0.25) is 4.79 Å². The lowest BCUT2D eigenvalue weighted by Gasteiger charge is -2.32. The SMILES string of the molecule is C[C@@H]1CN(C(=O)c2ccc(Br)cc2C(F)(F)F)CCN1.Cl. The summed E-state index contributed by atoms with van der Waals surface area (Å²) in [6.45, 7) is 3.30. The summed E-state index contributed by atoms with van der Waals surface area (Å²) in [6.07, 6.45) is -4.55. The molecule has 0 unspecified atom stereocenters. The second-order valence-corrected chi connectivity index (χ2v) is 5.71. The number of carbonyl (C=O) groups is 1. The molecule has 0 aromatic heterocycles. The van der Waals surface area contributed by atoms with Crippen LogP contribution in [0.5, 0.6) is 0 Å². The number of nitrogens with one attached hydrogen (secondary N) is 1. The monoisotopic (exact) mass is 386 g/mol.